The van der Waals surface area contributed by atoms with Crippen molar-refractivity contribution in [2.45, 2.75) is 13.0 Å². The molecule has 21 heavy (non-hydrogen) atoms. The number of benzene rings is 1. The van der Waals surface area contributed by atoms with Crippen molar-refractivity contribution in [3.63, 3.8) is 0 Å². The molecule has 0 aliphatic carbocycles. The minimum absolute atomic E-state index is 0.0447. The molecular weight excluding hydrogens is 272 g/mol. The molecule has 6 heteroatoms. The Morgan fingerprint density at radius 3 is 2.81 bits per heavy atom. The molecule has 0 amide bonds. The van der Waals surface area contributed by atoms with Crippen LogP contribution in [0.25, 0.3) is 0 Å². The minimum atomic E-state index is -0.623. The highest BCUT2D eigenvalue weighted by Gasteiger charge is 2.17. The molecule has 1 aliphatic rings. The summed E-state index contributed by atoms with van der Waals surface area (Å²) in [5.74, 6) is -1.24. The number of hydrogen-bond acceptors (Lipinski definition) is 6. The van der Waals surface area contributed by atoms with Crippen molar-refractivity contribution >= 4 is 17.6 Å². The van der Waals surface area contributed by atoms with E-state index in [2.05, 4.69) is 26.2 Å². The fourth-order valence-corrected chi connectivity index (χ4v) is 2.21. The number of nitrogens with one attached hydrogen (secondary N) is 2. The first-order valence-corrected chi connectivity index (χ1v) is 6.62. The van der Waals surface area contributed by atoms with E-state index < -0.39 is 11.9 Å². The third-order valence-electron chi connectivity index (χ3n) is 3.28. The van der Waals surface area contributed by atoms with Gasteiger partial charge < -0.3 is 20.1 Å². The maximum absolute atomic E-state index is 11.8. The predicted molar refractivity (Wildman–Crippen MR) is 77.6 cm³/mol. The van der Waals surface area contributed by atoms with Crippen LogP contribution in [0, 0.1) is 0 Å². The lowest BCUT2D eigenvalue weighted by atomic mass is 9.99. The van der Waals surface area contributed by atoms with Gasteiger partial charge in [-0.3, -0.25) is 0 Å². The van der Waals surface area contributed by atoms with Crippen LogP contribution in [0.4, 0.5) is 5.69 Å². The quantitative estimate of drug-likeness (QED) is 0.636. The van der Waals surface area contributed by atoms with Crippen LogP contribution in [-0.4, -0.2) is 32.7 Å². The molecule has 1 aromatic carbocycles. The number of rotatable bonds is 4. The Kier molecular flexibility index (Phi) is 4.94. The van der Waals surface area contributed by atoms with Crippen molar-refractivity contribution in [2.24, 2.45) is 0 Å². The highest BCUT2D eigenvalue weighted by molar-refractivity contribution is 5.98. The molecule has 0 saturated heterocycles. The van der Waals surface area contributed by atoms with Gasteiger partial charge in [0.1, 0.15) is 5.70 Å². The lowest BCUT2D eigenvalue weighted by Gasteiger charge is -2.21. The Bertz CT molecular complexity index is 581. The third-order valence-corrected chi connectivity index (χ3v) is 3.28. The molecule has 6 nitrogen and oxygen atoms in total. The van der Waals surface area contributed by atoms with E-state index in [1.807, 2.05) is 12.1 Å². The fourth-order valence-electron chi connectivity index (χ4n) is 2.21. The molecule has 0 spiro atoms. The summed E-state index contributed by atoms with van der Waals surface area (Å²) in [5.41, 5.74) is 3.13. The van der Waals surface area contributed by atoms with Gasteiger partial charge in [0.2, 0.25) is 0 Å². The molecule has 1 aromatic rings. The highest BCUT2D eigenvalue weighted by Crippen LogP contribution is 2.24. The van der Waals surface area contributed by atoms with Gasteiger partial charge in [-0.2, -0.15) is 0 Å². The molecule has 2 rings (SSSR count). The van der Waals surface area contributed by atoms with E-state index in [4.69, 9.17) is 0 Å². The number of esters is 2. The molecule has 2 N–H and O–H groups in total. The lowest BCUT2D eigenvalue weighted by Crippen LogP contribution is -2.25. The van der Waals surface area contributed by atoms with Crippen LogP contribution in [0.3, 0.4) is 0 Å². The molecular formula is C15H18N2O4. The Morgan fingerprint density at radius 2 is 2.10 bits per heavy atom. The van der Waals surface area contributed by atoms with Crippen LogP contribution in [0.2, 0.25) is 0 Å². The van der Waals surface area contributed by atoms with Gasteiger partial charge in [0.15, 0.2) is 0 Å². The van der Waals surface area contributed by atoms with E-state index in [0.717, 1.165) is 30.3 Å². The predicted octanol–water partition coefficient (Wildman–Crippen LogP) is 0.974. The molecule has 1 aliphatic heterocycles. The van der Waals surface area contributed by atoms with E-state index in [-0.39, 0.29) is 5.70 Å². The van der Waals surface area contributed by atoms with Crippen molar-refractivity contribution < 1.29 is 19.1 Å². The Hall–Kier alpha value is -2.34. The molecule has 0 atom stereocenters. The topological polar surface area (TPSA) is 76.7 Å². The lowest BCUT2D eigenvalue weighted by molar-refractivity contribution is -0.138. The summed E-state index contributed by atoms with van der Waals surface area (Å²) in [7, 11) is 2.51. The van der Waals surface area contributed by atoms with Crippen molar-refractivity contribution in [1.82, 2.24) is 5.32 Å². The van der Waals surface area contributed by atoms with Gasteiger partial charge in [-0.25, -0.2) is 9.59 Å². The van der Waals surface area contributed by atoms with E-state index >= 15 is 0 Å². The van der Waals surface area contributed by atoms with Crippen LogP contribution in [-0.2, 0) is 32.0 Å². The van der Waals surface area contributed by atoms with Gasteiger partial charge in [0.05, 0.1) is 20.3 Å². The van der Waals surface area contributed by atoms with Crippen LogP contribution >= 0.6 is 0 Å². The normalized spacial score (nSPS) is 14.1. The Balaban J connectivity index is 2.31. The van der Waals surface area contributed by atoms with Gasteiger partial charge in [-0.15, -0.1) is 0 Å². The highest BCUT2D eigenvalue weighted by atomic mass is 16.5. The third kappa shape index (κ3) is 3.61. The van der Waals surface area contributed by atoms with Crippen molar-refractivity contribution in [1.29, 1.82) is 0 Å². The largest absolute Gasteiger partial charge is 0.466 e. The summed E-state index contributed by atoms with van der Waals surface area (Å²) in [6.07, 6.45) is 2.01. The van der Waals surface area contributed by atoms with E-state index in [1.165, 1.54) is 19.8 Å². The zero-order valence-corrected chi connectivity index (χ0v) is 12.1. The fraction of sp³-hybridized carbons (Fsp3) is 0.333. The van der Waals surface area contributed by atoms with Crippen molar-refractivity contribution in [3.05, 3.63) is 41.1 Å². The summed E-state index contributed by atoms with van der Waals surface area (Å²) in [5, 5.41) is 6.25. The van der Waals surface area contributed by atoms with Crippen LogP contribution in [0.15, 0.2) is 30.0 Å². The van der Waals surface area contributed by atoms with Gasteiger partial charge in [-0.1, -0.05) is 12.1 Å². The van der Waals surface area contributed by atoms with Gasteiger partial charge in [-0.05, 0) is 30.2 Å². The van der Waals surface area contributed by atoms with Crippen LogP contribution in [0.1, 0.15) is 11.1 Å². The molecule has 0 radical (unpaired) electrons. The summed E-state index contributed by atoms with van der Waals surface area (Å²) in [6, 6.07) is 5.84. The minimum Gasteiger partial charge on any atom is -0.466 e. The van der Waals surface area contributed by atoms with Gasteiger partial charge >= 0.3 is 11.9 Å². The van der Waals surface area contributed by atoms with Crippen molar-refractivity contribution in [3.8, 4) is 0 Å². The monoisotopic (exact) mass is 290 g/mol. The maximum atomic E-state index is 11.8. The zero-order chi connectivity index (χ0) is 15.2. The maximum Gasteiger partial charge on any atom is 0.354 e. The number of carbonyl (C=O) groups is 2. The first-order chi connectivity index (χ1) is 10.2. The first kappa shape index (κ1) is 15.1. The summed E-state index contributed by atoms with van der Waals surface area (Å²) in [6.45, 7) is 1.64. The number of hydrogen-bond donors (Lipinski definition) is 2. The zero-order valence-electron chi connectivity index (χ0n) is 12.1. The first-order valence-electron chi connectivity index (χ1n) is 6.62. The number of carbonyl (C=O) groups excluding carboxylic acids is 2. The Labute approximate surface area is 123 Å². The molecule has 1 heterocycles. The number of fused-ring (bicyclic) bond motifs is 1. The van der Waals surface area contributed by atoms with E-state index in [0.29, 0.717) is 6.54 Å². The van der Waals surface area contributed by atoms with Crippen LogP contribution < -0.4 is 10.6 Å². The van der Waals surface area contributed by atoms with E-state index in [1.54, 1.807) is 0 Å². The number of ether oxygens (including phenoxy) is 2. The molecule has 0 bridgehead atoms. The number of anilines is 1. The van der Waals surface area contributed by atoms with Crippen molar-refractivity contribution in [2.75, 3.05) is 26.1 Å². The standard InChI is InChI=1S/C15H18N2O4/c1-20-14(18)8-13(15(19)21-2)17-12-5-3-4-10-6-7-16-9-11(10)12/h3-5,8,16-17H,6-7,9H2,1-2H3/b13-8+. The molecule has 0 saturated carbocycles. The summed E-state index contributed by atoms with van der Waals surface area (Å²) < 4.78 is 9.23. The SMILES string of the molecule is COC(=O)/C=C(/Nc1cccc2c1CNCC2)C(=O)OC. The second-order valence-corrected chi connectivity index (χ2v) is 4.57. The van der Waals surface area contributed by atoms with Gasteiger partial charge in [0.25, 0.3) is 0 Å². The smallest absolute Gasteiger partial charge is 0.354 e. The molecule has 112 valence electrons. The molecule has 0 aromatic heterocycles. The second kappa shape index (κ2) is 6.90. The average molecular weight is 290 g/mol. The second-order valence-electron chi connectivity index (χ2n) is 4.57. The Morgan fingerprint density at radius 1 is 1.29 bits per heavy atom. The average Bonchev–Trinajstić information content (AvgIpc) is 2.53. The summed E-state index contributed by atoms with van der Waals surface area (Å²) in [4.78, 5) is 23.1. The van der Waals surface area contributed by atoms with Crippen LogP contribution in [0.5, 0.6) is 0 Å². The summed E-state index contributed by atoms with van der Waals surface area (Å²) >= 11 is 0. The molecule has 0 fully saturated rings. The molecule has 0 unspecified atom stereocenters. The number of methoxy groups -OCH3 is 2. The van der Waals surface area contributed by atoms with Gasteiger partial charge in [0, 0.05) is 12.2 Å². The van der Waals surface area contributed by atoms with E-state index in [9.17, 15) is 9.59 Å².